The van der Waals surface area contributed by atoms with Crippen molar-refractivity contribution < 1.29 is 0 Å². The fraction of sp³-hybridized carbons (Fsp3) is 0.0462. The molecule has 0 N–H and O–H groups in total. The molecule has 14 rings (SSSR count). The van der Waals surface area contributed by atoms with E-state index in [1.807, 2.05) is 0 Å². The highest BCUT2D eigenvalue weighted by Crippen LogP contribution is 2.50. The summed E-state index contributed by atoms with van der Waals surface area (Å²) >= 11 is 0. The number of aromatic nitrogens is 2. The smallest absolute Gasteiger partial charge is 0.0541 e. The highest BCUT2D eigenvalue weighted by atomic mass is 15.0. The highest BCUT2D eigenvalue weighted by Gasteiger charge is 2.35. The van der Waals surface area contributed by atoms with E-state index in [-0.39, 0.29) is 5.41 Å². The van der Waals surface area contributed by atoms with Gasteiger partial charge in [-0.2, -0.15) is 0 Å². The Labute approximate surface area is 389 Å². The Hall–Kier alpha value is -8.46. The summed E-state index contributed by atoms with van der Waals surface area (Å²) in [5.41, 5.74) is 19.9. The molecule has 1 aliphatic carbocycles. The molecule has 0 spiro atoms. The van der Waals surface area contributed by atoms with Crippen molar-refractivity contribution in [2.24, 2.45) is 0 Å². The molecule has 0 unspecified atom stereocenters. The third-order valence-corrected chi connectivity index (χ3v) is 14.9. The average molecular weight is 853 g/mol. The van der Waals surface area contributed by atoms with Crippen molar-refractivity contribution in [2.45, 2.75) is 19.3 Å². The summed E-state index contributed by atoms with van der Waals surface area (Å²) < 4.78 is 4.89. The predicted octanol–water partition coefficient (Wildman–Crippen LogP) is 17.5. The van der Waals surface area contributed by atoms with Crippen molar-refractivity contribution >= 4 is 65.2 Å². The van der Waals surface area contributed by atoms with Crippen molar-refractivity contribution in [3.63, 3.8) is 0 Å². The molecule has 0 atom stereocenters. The molecule has 2 nitrogen and oxygen atoms in total. The first-order valence-corrected chi connectivity index (χ1v) is 23.4. The summed E-state index contributed by atoms with van der Waals surface area (Å²) in [6, 6.07) is 85.9. The second-order valence-corrected chi connectivity index (χ2v) is 18.8. The maximum atomic E-state index is 2.45. The van der Waals surface area contributed by atoms with E-state index in [9.17, 15) is 0 Å². The predicted molar refractivity (Wildman–Crippen MR) is 284 cm³/mol. The van der Waals surface area contributed by atoms with Crippen molar-refractivity contribution in [1.29, 1.82) is 0 Å². The van der Waals surface area contributed by atoms with Crippen molar-refractivity contribution in [2.75, 3.05) is 0 Å². The number of benzene rings is 11. The highest BCUT2D eigenvalue weighted by molar-refractivity contribution is 6.22. The van der Waals surface area contributed by atoms with E-state index in [2.05, 4.69) is 254 Å². The van der Waals surface area contributed by atoms with Gasteiger partial charge >= 0.3 is 0 Å². The molecule has 0 amide bonds. The first-order chi connectivity index (χ1) is 33.0. The van der Waals surface area contributed by atoms with Crippen LogP contribution in [0, 0.1) is 0 Å². The Balaban J connectivity index is 1.04. The summed E-state index contributed by atoms with van der Waals surface area (Å²) in [4.78, 5) is 0. The lowest BCUT2D eigenvalue weighted by Crippen LogP contribution is -2.14. The third-order valence-electron chi connectivity index (χ3n) is 14.9. The number of fused-ring (bicyclic) bond motifs is 11. The van der Waals surface area contributed by atoms with Gasteiger partial charge in [-0.15, -0.1) is 0 Å². The van der Waals surface area contributed by atoms with Crippen LogP contribution < -0.4 is 0 Å². The average Bonchev–Trinajstić information content (AvgIpc) is 3.98. The minimum atomic E-state index is -0.0260. The quantitative estimate of drug-likeness (QED) is 0.153. The van der Waals surface area contributed by atoms with E-state index in [1.165, 1.54) is 121 Å². The second-order valence-electron chi connectivity index (χ2n) is 18.8. The summed E-state index contributed by atoms with van der Waals surface area (Å²) in [5.74, 6) is 0. The van der Waals surface area contributed by atoms with Crippen LogP contribution in [0.25, 0.3) is 121 Å². The van der Waals surface area contributed by atoms with E-state index in [0.29, 0.717) is 0 Å². The Morgan fingerprint density at radius 1 is 0.269 bits per heavy atom. The van der Waals surface area contributed by atoms with Crippen molar-refractivity contribution in [3.8, 4) is 55.9 Å². The standard InChI is InChI=1S/C65H44N2/c1-65(2)57-23-11-6-18-47(57)54-38-44(32-37-58(54)65)41-28-30-43(31-29-41)64-53-36-34-45(66-59-24-12-7-19-48(59)49-20-8-13-25-60(49)66)39-55(53)63(42-16-4-3-5-17-42)52-35-33-46(40-56(52)64)67-61-26-14-9-21-50(61)51-22-10-15-27-62(51)67/h3-40H,1-2H3. The molecule has 67 heavy (non-hydrogen) atoms. The molecule has 2 heteroatoms. The largest absolute Gasteiger partial charge is 0.309 e. The number of rotatable bonds is 5. The zero-order valence-corrected chi connectivity index (χ0v) is 37.3. The monoisotopic (exact) mass is 852 g/mol. The van der Waals surface area contributed by atoms with Gasteiger partial charge in [0.25, 0.3) is 0 Å². The van der Waals surface area contributed by atoms with Crippen molar-refractivity contribution in [1.82, 2.24) is 9.13 Å². The van der Waals surface area contributed by atoms with Gasteiger partial charge in [-0.05, 0) is 132 Å². The van der Waals surface area contributed by atoms with E-state index in [0.717, 1.165) is 11.4 Å². The molecule has 2 aromatic heterocycles. The fourth-order valence-corrected chi connectivity index (χ4v) is 11.8. The number of hydrogen-bond acceptors (Lipinski definition) is 0. The molecule has 2 heterocycles. The molecule has 0 saturated carbocycles. The van der Waals surface area contributed by atoms with Crippen LogP contribution >= 0.6 is 0 Å². The molecule has 1 aliphatic rings. The first-order valence-electron chi connectivity index (χ1n) is 23.4. The zero-order chi connectivity index (χ0) is 44.4. The summed E-state index contributed by atoms with van der Waals surface area (Å²) in [5, 5.41) is 9.92. The van der Waals surface area contributed by atoms with Gasteiger partial charge in [0, 0.05) is 38.3 Å². The van der Waals surface area contributed by atoms with Crippen LogP contribution in [0.2, 0.25) is 0 Å². The zero-order valence-electron chi connectivity index (χ0n) is 37.3. The van der Waals surface area contributed by atoms with E-state index < -0.39 is 0 Å². The van der Waals surface area contributed by atoms with Crippen LogP contribution in [-0.4, -0.2) is 9.13 Å². The second kappa shape index (κ2) is 14.3. The Kier molecular flexibility index (Phi) is 8.06. The first kappa shape index (κ1) is 37.9. The molecular weight excluding hydrogens is 809 g/mol. The summed E-state index contributed by atoms with van der Waals surface area (Å²) in [6.07, 6.45) is 0. The van der Waals surface area contributed by atoms with Gasteiger partial charge in [0.05, 0.1) is 22.1 Å². The molecule has 11 aromatic carbocycles. The summed E-state index contributed by atoms with van der Waals surface area (Å²) in [7, 11) is 0. The molecular formula is C65H44N2. The maximum Gasteiger partial charge on any atom is 0.0541 e. The van der Waals surface area contributed by atoms with Crippen molar-refractivity contribution in [3.05, 3.63) is 242 Å². The van der Waals surface area contributed by atoms with E-state index >= 15 is 0 Å². The van der Waals surface area contributed by atoms with Gasteiger partial charge in [-0.25, -0.2) is 0 Å². The fourth-order valence-electron chi connectivity index (χ4n) is 11.8. The van der Waals surface area contributed by atoms with Gasteiger partial charge in [0.1, 0.15) is 0 Å². The van der Waals surface area contributed by atoms with E-state index in [1.54, 1.807) is 0 Å². The Bertz CT molecular complexity index is 4060. The molecule has 0 aliphatic heterocycles. The van der Waals surface area contributed by atoms with Gasteiger partial charge in [0.2, 0.25) is 0 Å². The van der Waals surface area contributed by atoms with Gasteiger partial charge < -0.3 is 9.13 Å². The minimum Gasteiger partial charge on any atom is -0.309 e. The van der Waals surface area contributed by atoms with Crippen LogP contribution in [0.4, 0.5) is 0 Å². The SMILES string of the molecule is CC1(C)c2ccccc2-c2cc(-c3ccc(-c4c5ccc(-n6c7ccccc7c7ccccc76)cc5c(-c5ccccc5)c5ccc(-n6c7ccccc7c7ccccc76)cc45)cc3)ccc21. The molecule has 13 aromatic rings. The van der Waals surface area contributed by atoms with Crippen LogP contribution in [0.3, 0.4) is 0 Å². The van der Waals surface area contributed by atoms with Gasteiger partial charge in [-0.3, -0.25) is 0 Å². The molecule has 314 valence electrons. The van der Waals surface area contributed by atoms with Crippen LogP contribution in [-0.2, 0) is 5.41 Å². The third kappa shape index (κ3) is 5.51. The molecule has 0 saturated heterocycles. The van der Waals surface area contributed by atoms with E-state index in [4.69, 9.17) is 0 Å². The topological polar surface area (TPSA) is 9.86 Å². The number of para-hydroxylation sites is 4. The lowest BCUT2D eigenvalue weighted by Gasteiger charge is -2.21. The number of nitrogens with zero attached hydrogens (tertiary/aromatic N) is 2. The normalized spacial score (nSPS) is 13.0. The summed E-state index contributed by atoms with van der Waals surface area (Å²) in [6.45, 7) is 4.70. The molecule has 0 radical (unpaired) electrons. The lowest BCUT2D eigenvalue weighted by atomic mass is 9.82. The number of hydrogen-bond donors (Lipinski definition) is 0. The van der Waals surface area contributed by atoms with Gasteiger partial charge in [0.15, 0.2) is 0 Å². The lowest BCUT2D eigenvalue weighted by molar-refractivity contribution is 0.660. The Morgan fingerprint density at radius 2 is 0.672 bits per heavy atom. The maximum absolute atomic E-state index is 2.45. The van der Waals surface area contributed by atoms with Crippen LogP contribution in [0.15, 0.2) is 231 Å². The van der Waals surface area contributed by atoms with Crippen LogP contribution in [0.1, 0.15) is 25.0 Å². The van der Waals surface area contributed by atoms with Gasteiger partial charge in [-0.1, -0.05) is 190 Å². The van der Waals surface area contributed by atoms with Crippen LogP contribution in [0.5, 0.6) is 0 Å². The molecule has 0 bridgehead atoms. The molecule has 0 fully saturated rings. The Morgan fingerprint density at radius 3 is 1.19 bits per heavy atom. The minimum absolute atomic E-state index is 0.0260.